The Morgan fingerprint density at radius 1 is 1.58 bits per heavy atom. The molecule has 1 aromatic heterocycles. The number of hydrogen-bond acceptors (Lipinski definition) is 6. The molecule has 0 spiro atoms. The Hall–Kier alpha value is -2.49. The second-order valence-corrected chi connectivity index (χ2v) is 3.62. The highest BCUT2D eigenvalue weighted by Gasteiger charge is 2.20. The highest BCUT2D eigenvalue weighted by molar-refractivity contribution is 5.83. The molecule has 0 saturated heterocycles. The number of amides is 1. The summed E-state index contributed by atoms with van der Waals surface area (Å²) in [5, 5.41) is 33.6. The summed E-state index contributed by atoms with van der Waals surface area (Å²) in [6, 6.07) is -1.21. The molecule has 10 heteroatoms. The van der Waals surface area contributed by atoms with Gasteiger partial charge in [0.1, 0.15) is 25.0 Å². The predicted octanol–water partition coefficient (Wildman–Crippen LogP) is -1.26. The number of aliphatic carboxylic acids is 1. The molecule has 3 N–H and O–H groups in total. The summed E-state index contributed by atoms with van der Waals surface area (Å²) >= 11 is 0. The summed E-state index contributed by atoms with van der Waals surface area (Å²) in [6.07, 6.45) is 1.91. The van der Waals surface area contributed by atoms with Crippen molar-refractivity contribution >= 4 is 17.6 Å². The zero-order chi connectivity index (χ0) is 14.4. The first-order chi connectivity index (χ1) is 8.93. The summed E-state index contributed by atoms with van der Waals surface area (Å²) in [7, 11) is 0. The lowest BCUT2D eigenvalue weighted by Gasteiger charge is -2.12. The van der Waals surface area contributed by atoms with Gasteiger partial charge in [0.05, 0.1) is 4.92 Å². The first-order valence-electron chi connectivity index (χ1n) is 5.24. The van der Waals surface area contributed by atoms with Crippen molar-refractivity contribution in [1.29, 1.82) is 0 Å². The molecule has 0 fully saturated rings. The van der Waals surface area contributed by atoms with E-state index in [1.807, 2.05) is 0 Å². The molecule has 0 aliphatic rings. The van der Waals surface area contributed by atoms with Crippen LogP contribution in [0.4, 0.5) is 5.69 Å². The smallest absolute Gasteiger partial charge is 0.326 e. The van der Waals surface area contributed by atoms with Gasteiger partial charge < -0.3 is 15.5 Å². The normalized spacial score (nSPS) is 11.8. The molecule has 104 valence electrons. The van der Waals surface area contributed by atoms with Gasteiger partial charge in [0.25, 0.3) is 0 Å². The van der Waals surface area contributed by atoms with E-state index in [1.165, 1.54) is 0 Å². The van der Waals surface area contributed by atoms with Crippen molar-refractivity contribution in [2.75, 3.05) is 6.61 Å². The van der Waals surface area contributed by atoms with Crippen molar-refractivity contribution in [1.82, 2.24) is 15.1 Å². The number of carboxylic acid groups (broad SMARTS) is 1. The Morgan fingerprint density at radius 3 is 2.74 bits per heavy atom. The zero-order valence-corrected chi connectivity index (χ0v) is 9.72. The average molecular weight is 272 g/mol. The number of carboxylic acids is 1. The van der Waals surface area contributed by atoms with Gasteiger partial charge in [0.2, 0.25) is 5.91 Å². The zero-order valence-electron chi connectivity index (χ0n) is 9.72. The second-order valence-electron chi connectivity index (χ2n) is 3.62. The summed E-state index contributed by atoms with van der Waals surface area (Å²) in [5.74, 6) is -1.94. The maximum absolute atomic E-state index is 11.5. The van der Waals surface area contributed by atoms with E-state index in [9.17, 15) is 19.7 Å². The number of hydrogen-bond donors (Lipinski definition) is 3. The van der Waals surface area contributed by atoms with E-state index in [0.717, 1.165) is 17.1 Å². The van der Waals surface area contributed by atoms with Crippen LogP contribution in [0, 0.1) is 10.1 Å². The van der Waals surface area contributed by atoms with Crippen molar-refractivity contribution in [3.8, 4) is 0 Å². The largest absolute Gasteiger partial charge is 0.480 e. The van der Waals surface area contributed by atoms with Gasteiger partial charge >= 0.3 is 11.7 Å². The highest BCUT2D eigenvalue weighted by Crippen LogP contribution is 2.07. The molecule has 0 aromatic carbocycles. The van der Waals surface area contributed by atoms with Gasteiger partial charge in [-0.25, -0.2) is 4.79 Å². The number of carbonyl (C=O) groups excluding carboxylic acids is 1. The van der Waals surface area contributed by atoms with E-state index in [2.05, 4.69) is 10.4 Å². The summed E-state index contributed by atoms with van der Waals surface area (Å²) in [4.78, 5) is 32.0. The Balaban J connectivity index is 2.58. The molecular weight excluding hydrogens is 260 g/mol. The lowest BCUT2D eigenvalue weighted by Crippen LogP contribution is -2.42. The van der Waals surface area contributed by atoms with Gasteiger partial charge in [-0.2, -0.15) is 5.10 Å². The number of aliphatic hydroxyl groups is 1. The van der Waals surface area contributed by atoms with Gasteiger partial charge in [-0.15, -0.1) is 0 Å². The predicted molar refractivity (Wildman–Crippen MR) is 60.2 cm³/mol. The third-order valence-corrected chi connectivity index (χ3v) is 2.19. The van der Waals surface area contributed by atoms with Crippen LogP contribution in [0.15, 0.2) is 12.4 Å². The van der Waals surface area contributed by atoms with Crippen molar-refractivity contribution < 1.29 is 24.7 Å². The van der Waals surface area contributed by atoms with E-state index in [4.69, 9.17) is 10.2 Å². The number of nitrogens with zero attached hydrogens (tertiary/aromatic N) is 3. The van der Waals surface area contributed by atoms with Crippen LogP contribution in [0.2, 0.25) is 0 Å². The van der Waals surface area contributed by atoms with Crippen LogP contribution in [0.25, 0.3) is 0 Å². The van der Waals surface area contributed by atoms with E-state index in [0.29, 0.717) is 0 Å². The molecule has 1 aromatic rings. The summed E-state index contributed by atoms with van der Waals surface area (Å²) in [6.45, 7) is -0.729. The Kier molecular flexibility index (Phi) is 4.94. The van der Waals surface area contributed by atoms with Crippen molar-refractivity contribution in [2.45, 2.75) is 19.0 Å². The van der Waals surface area contributed by atoms with Crippen molar-refractivity contribution in [2.24, 2.45) is 0 Å². The molecule has 0 aliphatic carbocycles. The van der Waals surface area contributed by atoms with Crippen LogP contribution >= 0.6 is 0 Å². The molecule has 0 aliphatic heterocycles. The van der Waals surface area contributed by atoms with Gasteiger partial charge in [0.15, 0.2) is 0 Å². The lowest BCUT2D eigenvalue weighted by atomic mass is 10.2. The maximum atomic E-state index is 11.5. The van der Waals surface area contributed by atoms with Gasteiger partial charge in [-0.3, -0.25) is 19.6 Å². The van der Waals surface area contributed by atoms with E-state index < -0.39 is 22.8 Å². The van der Waals surface area contributed by atoms with E-state index in [-0.39, 0.29) is 25.3 Å². The number of aromatic nitrogens is 2. The van der Waals surface area contributed by atoms with E-state index in [1.54, 1.807) is 0 Å². The van der Waals surface area contributed by atoms with Gasteiger partial charge in [0, 0.05) is 13.0 Å². The minimum atomic E-state index is -1.27. The number of aliphatic hydroxyl groups excluding tert-OH is 1. The lowest BCUT2D eigenvalue weighted by molar-refractivity contribution is -0.385. The first-order valence-corrected chi connectivity index (χ1v) is 5.24. The molecule has 1 heterocycles. The summed E-state index contributed by atoms with van der Waals surface area (Å²) < 4.78 is 1.02. The molecule has 0 unspecified atom stereocenters. The Bertz CT molecular complexity index is 485. The highest BCUT2D eigenvalue weighted by atomic mass is 16.6. The van der Waals surface area contributed by atoms with Crippen LogP contribution in [0.3, 0.4) is 0 Å². The monoisotopic (exact) mass is 272 g/mol. The summed E-state index contributed by atoms with van der Waals surface area (Å²) in [5.41, 5.74) is -0.266. The fourth-order valence-corrected chi connectivity index (χ4v) is 1.31. The van der Waals surface area contributed by atoms with Gasteiger partial charge in [-0.05, 0) is 0 Å². The second kappa shape index (κ2) is 6.44. The maximum Gasteiger partial charge on any atom is 0.326 e. The standard InChI is InChI=1S/C9H12N4O6/c14-2-1-7(9(16)17)11-8(15)5-12-4-6(3-10-12)13(18)19/h3-4,7,14H,1-2,5H2,(H,11,15)(H,16,17)/t7-/m0/s1. The minimum Gasteiger partial charge on any atom is -0.480 e. The molecule has 1 rings (SSSR count). The number of rotatable bonds is 7. The average Bonchev–Trinajstić information content (AvgIpc) is 2.76. The van der Waals surface area contributed by atoms with Crippen LogP contribution in [-0.4, -0.2) is 49.4 Å². The fraction of sp³-hybridized carbons (Fsp3) is 0.444. The van der Waals surface area contributed by atoms with Crippen molar-refractivity contribution in [3.63, 3.8) is 0 Å². The van der Waals surface area contributed by atoms with Crippen LogP contribution < -0.4 is 5.32 Å². The molecule has 0 radical (unpaired) electrons. The molecule has 19 heavy (non-hydrogen) atoms. The quantitative estimate of drug-likeness (QED) is 0.414. The number of nitrogens with one attached hydrogen (secondary N) is 1. The third-order valence-electron chi connectivity index (χ3n) is 2.19. The van der Waals surface area contributed by atoms with E-state index >= 15 is 0 Å². The molecule has 10 nitrogen and oxygen atoms in total. The Morgan fingerprint density at radius 2 is 2.26 bits per heavy atom. The SMILES string of the molecule is O=C(Cn1cc([N+](=O)[O-])cn1)N[C@@H](CCO)C(=O)O. The van der Waals surface area contributed by atoms with Crippen LogP contribution in [0.5, 0.6) is 0 Å². The number of carbonyl (C=O) groups is 2. The van der Waals surface area contributed by atoms with Crippen molar-refractivity contribution in [3.05, 3.63) is 22.5 Å². The third kappa shape index (κ3) is 4.35. The van der Waals surface area contributed by atoms with Crippen LogP contribution in [0.1, 0.15) is 6.42 Å². The van der Waals surface area contributed by atoms with Crippen LogP contribution in [-0.2, 0) is 16.1 Å². The molecule has 1 atom stereocenters. The number of nitro groups is 1. The first kappa shape index (κ1) is 14.6. The topological polar surface area (TPSA) is 148 Å². The minimum absolute atomic E-state index is 0.125. The molecule has 0 saturated carbocycles. The molecule has 1 amide bonds. The Labute approximate surface area is 106 Å². The fourth-order valence-electron chi connectivity index (χ4n) is 1.31. The molecule has 0 bridgehead atoms. The molecular formula is C9H12N4O6. The van der Waals surface area contributed by atoms with Gasteiger partial charge in [-0.1, -0.05) is 0 Å².